The SMILES string of the molecule is O=C[C@H]1[C@H](CC(=O)c2ccccc2)CON(C(=O)OCc2ccccc2)[C@@H]1c1ccccc1. The third-order valence-electron chi connectivity index (χ3n) is 5.82. The maximum Gasteiger partial charge on any atom is 0.434 e. The molecule has 1 saturated heterocycles. The fraction of sp³-hybridized carbons (Fsp3) is 0.222. The van der Waals surface area contributed by atoms with Crippen molar-refractivity contribution in [2.24, 2.45) is 11.8 Å². The van der Waals surface area contributed by atoms with Crippen molar-refractivity contribution in [1.29, 1.82) is 0 Å². The molecule has 0 N–H and O–H groups in total. The zero-order valence-corrected chi connectivity index (χ0v) is 18.1. The molecular weight excluding hydrogens is 418 g/mol. The Morgan fingerprint density at radius 3 is 2.15 bits per heavy atom. The lowest BCUT2D eigenvalue weighted by atomic mass is 9.79. The van der Waals surface area contributed by atoms with E-state index in [0.29, 0.717) is 5.56 Å². The summed E-state index contributed by atoms with van der Waals surface area (Å²) in [5.41, 5.74) is 2.17. The van der Waals surface area contributed by atoms with Crippen LogP contribution in [-0.4, -0.2) is 29.8 Å². The standard InChI is InChI=1S/C27H25NO5/c29-17-24-23(16-25(30)21-12-6-2-7-13-21)19-33-28(26(24)22-14-8-3-9-15-22)27(31)32-18-20-10-4-1-5-11-20/h1-15,17,23-24,26H,16,18-19H2/t23-,24+,26-/m1/s1. The van der Waals surface area contributed by atoms with E-state index < -0.39 is 18.1 Å². The monoisotopic (exact) mass is 443 g/mol. The number of carbonyl (C=O) groups is 3. The Hall–Kier alpha value is -3.77. The highest BCUT2D eigenvalue weighted by molar-refractivity contribution is 5.96. The molecule has 3 aromatic rings. The van der Waals surface area contributed by atoms with Gasteiger partial charge in [0.1, 0.15) is 12.9 Å². The quantitative estimate of drug-likeness (QED) is 0.379. The molecule has 1 heterocycles. The van der Waals surface area contributed by atoms with Crippen LogP contribution >= 0.6 is 0 Å². The minimum atomic E-state index is -0.700. The van der Waals surface area contributed by atoms with Gasteiger partial charge in [0.05, 0.1) is 12.6 Å². The number of carbonyl (C=O) groups excluding carboxylic acids is 3. The predicted octanol–water partition coefficient (Wildman–Crippen LogP) is 5.02. The molecule has 3 atom stereocenters. The van der Waals surface area contributed by atoms with E-state index in [2.05, 4.69) is 0 Å². The Balaban J connectivity index is 1.55. The van der Waals surface area contributed by atoms with Crippen LogP contribution in [0.5, 0.6) is 0 Å². The average Bonchev–Trinajstić information content (AvgIpc) is 2.88. The first-order chi connectivity index (χ1) is 16.2. The molecule has 0 spiro atoms. The summed E-state index contributed by atoms with van der Waals surface area (Å²) in [6.45, 7) is 0.147. The molecule has 4 rings (SSSR count). The van der Waals surface area contributed by atoms with Gasteiger partial charge >= 0.3 is 6.09 Å². The van der Waals surface area contributed by atoms with Crippen molar-refractivity contribution in [3.05, 3.63) is 108 Å². The number of Topliss-reactive ketones (excluding diaryl/α,β-unsaturated/α-hetero) is 1. The van der Waals surface area contributed by atoms with Crippen LogP contribution in [0.25, 0.3) is 0 Å². The van der Waals surface area contributed by atoms with Crippen LogP contribution < -0.4 is 0 Å². The summed E-state index contributed by atoms with van der Waals surface area (Å²) < 4.78 is 5.48. The lowest BCUT2D eigenvalue weighted by molar-refractivity contribution is -0.220. The number of hydrogen-bond acceptors (Lipinski definition) is 5. The molecule has 1 fully saturated rings. The van der Waals surface area contributed by atoms with Crippen molar-refractivity contribution in [3.8, 4) is 0 Å². The maximum absolute atomic E-state index is 13.0. The van der Waals surface area contributed by atoms with Crippen LogP contribution in [0.1, 0.15) is 33.9 Å². The number of hydrogen-bond donors (Lipinski definition) is 0. The molecule has 0 saturated carbocycles. The van der Waals surface area contributed by atoms with E-state index in [9.17, 15) is 14.4 Å². The highest BCUT2D eigenvalue weighted by Gasteiger charge is 2.44. The zero-order chi connectivity index (χ0) is 23.0. The van der Waals surface area contributed by atoms with E-state index in [1.165, 1.54) is 0 Å². The Morgan fingerprint density at radius 1 is 0.909 bits per heavy atom. The van der Waals surface area contributed by atoms with Gasteiger partial charge in [0, 0.05) is 23.8 Å². The van der Waals surface area contributed by atoms with Crippen molar-refractivity contribution >= 4 is 18.2 Å². The van der Waals surface area contributed by atoms with E-state index in [1.807, 2.05) is 66.7 Å². The second-order valence-electron chi connectivity index (χ2n) is 7.98. The topological polar surface area (TPSA) is 72.9 Å². The number of hydroxylamine groups is 2. The molecule has 0 aliphatic carbocycles. The summed E-state index contributed by atoms with van der Waals surface area (Å²) in [7, 11) is 0. The molecular formula is C27H25NO5. The molecule has 33 heavy (non-hydrogen) atoms. The van der Waals surface area contributed by atoms with Crippen molar-refractivity contribution in [1.82, 2.24) is 5.06 Å². The van der Waals surface area contributed by atoms with E-state index in [0.717, 1.165) is 22.5 Å². The van der Waals surface area contributed by atoms with Gasteiger partial charge < -0.3 is 9.53 Å². The largest absolute Gasteiger partial charge is 0.443 e. The van der Waals surface area contributed by atoms with Crippen LogP contribution in [-0.2, 0) is 21.0 Å². The predicted molar refractivity (Wildman–Crippen MR) is 122 cm³/mol. The van der Waals surface area contributed by atoms with E-state index >= 15 is 0 Å². The van der Waals surface area contributed by atoms with E-state index in [-0.39, 0.29) is 31.3 Å². The Bertz CT molecular complexity index is 1070. The Labute approximate surface area is 192 Å². The fourth-order valence-electron chi connectivity index (χ4n) is 4.10. The third kappa shape index (κ3) is 5.35. The summed E-state index contributed by atoms with van der Waals surface area (Å²) in [6, 6.07) is 26.8. The van der Waals surface area contributed by atoms with Crippen molar-refractivity contribution in [3.63, 3.8) is 0 Å². The first kappa shape index (κ1) is 22.4. The second kappa shape index (κ2) is 10.7. The number of benzene rings is 3. The average molecular weight is 443 g/mol. The smallest absolute Gasteiger partial charge is 0.434 e. The number of ether oxygens (including phenoxy) is 1. The summed E-state index contributed by atoms with van der Waals surface area (Å²) >= 11 is 0. The summed E-state index contributed by atoms with van der Waals surface area (Å²) in [5.74, 6) is -1.07. The molecule has 1 aliphatic rings. The number of amides is 1. The summed E-state index contributed by atoms with van der Waals surface area (Å²) in [4.78, 5) is 43.9. The molecule has 6 heteroatoms. The number of nitrogens with zero attached hydrogens (tertiary/aromatic N) is 1. The normalized spacial score (nSPS) is 20.1. The first-order valence-corrected chi connectivity index (χ1v) is 10.9. The number of aldehydes is 1. The minimum absolute atomic E-state index is 0.0613. The van der Waals surface area contributed by atoms with Crippen molar-refractivity contribution in [2.45, 2.75) is 19.1 Å². The zero-order valence-electron chi connectivity index (χ0n) is 18.1. The highest BCUT2D eigenvalue weighted by atomic mass is 16.7. The fourth-order valence-corrected chi connectivity index (χ4v) is 4.10. The molecule has 0 aromatic heterocycles. The van der Waals surface area contributed by atoms with Gasteiger partial charge in [-0.3, -0.25) is 9.63 Å². The summed E-state index contributed by atoms with van der Waals surface area (Å²) in [5, 5.41) is 1.14. The maximum atomic E-state index is 13.0. The van der Waals surface area contributed by atoms with Gasteiger partial charge in [-0.25, -0.2) is 4.79 Å². The van der Waals surface area contributed by atoms with Gasteiger partial charge in [0.2, 0.25) is 0 Å². The van der Waals surface area contributed by atoms with Crippen LogP contribution in [0.2, 0.25) is 0 Å². The van der Waals surface area contributed by atoms with Crippen LogP contribution in [0.4, 0.5) is 4.79 Å². The Kier molecular flexibility index (Phi) is 7.27. The van der Waals surface area contributed by atoms with Gasteiger partial charge in [-0.1, -0.05) is 91.0 Å². The second-order valence-corrected chi connectivity index (χ2v) is 7.98. The summed E-state index contributed by atoms with van der Waals surface area (Å²) in [6.07, 6.45) is 0.289. The van der Waals surface area contributed by atoms with Gasteiger partial charge in [-0.15, -0.1) is 0 Å². The molecule has 6 nitrogen and oxygen atoms in total. The Morgan fingerprint density at radius 2 is 1.52 bits per heavy atom. The molecule has 1 amide bonds. The van der Waals surface area contributed by atoms with Gasteiger partial charge in [-0.05, 0) is 11.1 Å². The molecule has 1 aliphatic heterocycles. The van der Waals surface area contributed by atoms with Crippen LogP contribution in [0, 0.1) is 11.8 Å². The lowest BCUT2D eigenvalue weighted by Gasteiger charge is -2.41. The van der Waals surface area contributed by atoms with Crippen molar-refractivity contribution in [2.75, 3.05) is 6.61 Å². The molecule has 0 unspecified atom stereocenters. The van der Waals surface area contributed by atoms with Gasteiger partial charge in [0.25, 0.3) is 0 Å². The molecule has 0 radical (unpaired) electrons. The van der Waals surface area contributed by atoms with Crippen LogP contribution in [0.15, 0.2) is 91.0 Å². The minimum Gasteiger partial charge on any atom is -0.443 e. The first-order valence-electron chi connectivity index (χ1n) is 10.9. The number of ketones is 1. The number of rotatable bonds is 7. The molecule has 168 valence electrons. The van der Waals surface area contributed by atoms with Gasteiger partial charge in [-0.2, -0.15) is 5.06 Å². The van der Waals surface area contributed by atoms with Crippen LogP contribution in [0.3, 0.4) is 0 Å². The van der Waals surface area contributed by atoms with Gasteiger partial charge in [0.15, 0.2) is 5.78 Å². The molecule has 0 bridgehead atoms. The lowest BCUT2D eigenvalue weighted by Crippen LogP contribution is -2.48. The molecule has 3 aromatic carbocycles. The van der Waals surface area contributed by atoms with E-state index in [4.69, 9.17) is 9.57 Å². The highest BCUT2D eigenvalue weighted by Crippen LogP contribution is 2.39. The van der Waals surface area contributed by atoms with Crippen molar-refractivity contribution < 1.29 is 24.0 Å². The third-order valence-corrected chi connectivity index (χ3v) is 5.82. The van der Waals surface area contributed by atoms with E-state index in [1.54, 1.807) is 24.3 Å².